The maximum Gasteiger partial charge on any atom is 0.262 e. The Hall–Kier alpha value is -2.84. The number of rotatable bonds is 5. The van der Waals surface area contributed by atoms with Crippen molar-refractivity contribution in [2.75, 3.05) is 13.6 Å². The van der Waals surface area contributed by atoms with E-state index in [1.807, 2.05) is 35.0 Å². The maximum atomic E-state index is 13.9. The molecule has 1 atom stereocenters. The van der Waals surface area contributed by atoms with Crippen molar-refractivity contribution in [2.45, 2.75) is 12.5 Å². The number of nitrogens with zero attached hydrogens (tertiary/aromatic N) is 3. The molecule has 2 aromatic heterocycles. The highest BCUT2D eigenvalue weighted by molar-refractivity contribution is 7.12. The molecule has 2 amide bonds. The number of likely N-dealkylation sites (N-methyl/N-ethyl adjacent to an activating group) is 1. The molecule has 4 rings (SSSR count). The summed E-state index contributed by atoms with van der Waals surface area (Å²) in [4.78, 5) is 28.9. The highest BCUT2D eigenvalue weighted by Gasteiger charge is 2.35. The van der Waals surface area contributed by atoms with Crippen LogP contribution in [0.3, 0.4) is 0 Å². The van der Waals surface area contributed by atoms with Crippen molar-refractivity contribution < 1.29 is 14.0 Å². The van der Waals surface area contributed by atoms with E-state index in [0.29, 0.717) is 6.42 Å². The van der Waals surface area contributed by atoms with Gasteiger partial charge in [-0.05, 0) is 35.0 Å². The highest BCUT2D eigenvalue weighted by Crippen LogP contribution is 2.36. The lowest BCUT2D eigenvalue weighted by molar-refractivity contribution is -0.133. The van der Waals surface area contributed by atoms with Crippen LogP contribution in [0.15, 0.2) is 64.4 Å². The number of carbonyl (C=O) groups excluding carboxylic acids is 2. The molecule has 0 aliphatic carbocycles. The second-order valence-electron chi connectivity index (χ2n) is 6.64. The summed E-state index contributed by atoms with van der Waals surface area (Å²) < 4.78 is 13.9. The minimum Gasteiger partial charge on any atom is -0.332 e. The molecule has 0 spiro atoms. The van der Waals surface area contributed by atoms with E-state index in [-0.39, 0.29) is 24.1 Å². The van der Waals surface area contributed by atoms with Gasteiger partial charge in [-0.1, -0.05) is 24.3 Å². The molecule has 0 fully saturated rings. The fourth-order valence-electron chi connectivity index (χ4n) is 3.22. The van der Waals surface area contributed by atoms with Gasteiger partial charge in [-0.2, -0.15) is 5.10 Å². The summed E-state index contributed by atoms with van der Waals surface area (Å²) >= 11 is 3.15. The third-order valence-corrected chi connectivity index (χ3v) is 6.56. The van der Waals surface area contributed by atoms with Crippen molar-refractivity contribution in [3.8, 4) is 0 Å². The lowest BCUT2D eigenvalue weighted by atomic mass is 10.1. The van der Waals surface area contributed by atoms with Crippen LogP contribution in [-0.4, -0.2) is 41.0 Å². The molecule has 8 heteroatoms. The molecular weight excluding hydrogens is 409 g/mol. The van der Waals surface area contributed by atoms with E-state index in [1.165, 1.54) is 35.2 Å². The first-order valence-electron chi connectivity index (χ1n) is 9.01. The molecule has 0 bridgehead atoms. The van der Waals surface area contributed by atoms with Gasteiger partial charge < -0.3 is 4.90 Å². The maximum absolute atomic E-state index is 13.9. The molecule has 3 aromatic rings. The summed E-state index contributed by atoms with van der Waals surface area (Å²) in [6, 6.07) is 13.4. The normalized spacial score (nSPS) is 16.0. The Morgan fingerprint density at radius 2 is 1.90 bits per heavy atom. The van der Waals surface area contributed by atoms with Crippen LogP contribution < -0.4 is 0 Å². The Labute approximate surface area is 175 Å². The first-order valence-corrected chi connectivity index (χ1v) is 10.8. The van der Waals surface area contributed by atoms with E-state index in [9.17, 15) is 14.0 Å². The first-order chi connectivity index (χ1) is 14.0. The third kappa shape index (κ3) is 3.99. The number of hydrogen-bond donors (Lipinski definition) is 0. The van der Waals surface area contributed by atoms with E-state index in [2.05, 4.69) is 5.10 Å². The van der Waals surface area contributed by atoms with Crippen LogP contribution in [0.4, 0.5) is 4.39 Å². The van der Waals surface area contributed by atoms with Crippen LogP contribution in [0.1, 0.15) is 32.6 Å². The molecule has 0 radical (unpaired) electrons. The largest absolute Gasteiger partial charge is 0.332 e. The Balaban J connectivity index is 1.55. The van der Waals surface area contributed by atoms with Gasteiger partial charge in [0.2, 0.25) is 0 Å². The number of carbonyl (C=O) groups is 2. The lowest BCUT2D eigenvalue weighted by Gasteiger charge is -2.24. The fourth-order valence-corrected chi connectivity index (χ4v) is 4.75. The van der Waals surface area contributed by atoms with Crippen LogP contribution in [-0.2, 0) is 4.79 Å². The molecule has 0 saturated heterocycles. The Morgan fingerprint density at radius 1 is 1.14 bits per heavy atom. The van der Waals surface area contributed by atoms with Crippen LogP contribution in [0.5, 0.6) is 0 Å². The predicted molar refractivity (Wildman–Crippen MR) is 113 cm³/mol. The third-order valence-electron chi connectivity index (χ3n) is 4.67. The number of hydrogen-bond acceptors (Lipinski definition) is 5. The molecule has 1 aliphatic heterocycles. The van der Waals surface area contributed by atoms with Crippen molar-refractivity contribution in [3.63, 3.8) is 0 Å². The summed E-state index contributed by atoms with van der Waals surface area (Å²) in [7, 11) is 1.49. The minimum absolute atomic E-state index is 0.0539. The van der Waals surface area contributed by atoms with E-state index < -0.39 is 11.7 Å². The lowest BCUT2D eigenvalue weighted by Crippen LogP contribution is -2.39. The number of amides is 2. The molecule has 0 unspecified atom stereocenters. The van der Waals surface area contributed by atoms with Crippen LogP contribution >= 0.6 is 22.7 Å². The predicted octanol–water partition coefficient (Wildman–Crippen LogP) is 4.40. The monoisotopic (exact) mass is 427 g/mol. The first kappa shape index (κ1) is 19.5. The molecule has 3 heterocycles. The molecule has 0 N–H and O–H groups in total. The zero-order valence-electron chi connectivity index (χ0n) is 15.6. The number of hydrazone groups is 1. The van der Waals surface area contributed by atoms with E-state index in [4.69, 9.17) is 0 Å². The zero-order valence-corrected chi connectivity index (χ0v) is 17.3. The standard InChI is InChI=1S/C21H18FN3O2S2/c1-24(21(27)14-6-2-3-7-15(14)22)13-20(26)25-17(19-9-5-11-29-19)12-16(23-25)18-8-4-10-28-18/h2-11,17H,12-13H2,1H3/t17-/m0/s1. The van der Waals surface area contributed by atoms with Crippen molar-refractivity contribution >= 4 is 40.2 Å². The molecule has 29 heavy (non-hydrogen) atoms. The summed E-state index contributed by atoms with van der Waals surface area (Å²) in [5.74, 6) is -1.44. The minimum atomic E-state index is -0.604. The van der Waals surface area contributed by atoms with Gasteiger partial charge >= 0.3 is 0 Å². The molecule has 1 aliphatic rings. The summed E-state index contributed by atoms with van der Waals surface area (Å²) in [5.41, 5.74) is 0.802. The van der Waals surface area contributed by atoms with E-state index >= 15 is 0 Å². The SMILES string of the molecule is CN(CC(=O)N1N=C(c2cccs2)C[C@H]1c1cccs1)C(=O)c1ccccc1F. The summed E-state index contributed by atoms with van der Waals surface area (Å²) in [5, 5.41) is 9.98. The summed E-state index contributed by atoms with van der Waals surface area (Å²) in [6.45, 7) is -0.184. The van der Waals surface area contributed by atoms with Gasteiger partial charge in [0.05, 0.1) is 22.2 Å². The van der Waals surface area contributed by atoms with Crippen molar-refractivity contribution in [2.24, 2.45) is 5.10 Å². The molecule has 1 aromatic carbocycles. The van der Waals surface area contributed by atoms with Gasteiger partial charge in [0.25, 0.3) is 11.8 Å². The quantitative estimate of drug-likeness (QED) is 0.606. The zero-order chi connectivity index (χ0) is 20.4. The van der Waals surface area contributed by atoms with Crippen LogP contribution in [0, 0.1) is 5.82 Å². The van der Waals surface area contributed by atoms with Crippen molar-refractivity contribution in [1.29, 1.82) is 0 Å². The van der Waals surface area contributed by atoms with Gasteiger partial charge in [-0.3, -0.25) is 9.59 Å². The van der Waals surface area contributed by atoms with Gasteiger partial charge in [-0.25, -0.2) is 9.40 Å². The molecule has 5 nitrogen and oxygen atoms in total. The Bertz CT molecular complexity index is 1050. The van der Waals surface area contributed by atoms with Gasteiger partial charge in [-0.15, -0.1) is 22.7 Å². The second-order valence-corrected chi connectivity index (χ2v) is 8.57. The average molecular weight is 428 g/mol. The number of benzene rings is 1. The molecule has 148 valence electrons. The van der Waals surface area contributed by atoms with Crippen molar-refractivity contribution in [3.05, 3.63) is 80.4 Å². The Kier molecular flexibility index (Phi) is 5.55. The average Bonchev–Trinajstić information content (AvgIpc) is 3.48. The van der Waals surface area contributed by atoms with Crippen LogP contribution in [0.2, 0.25) is 0 Å². The topological polar surface area (TPSA) is 53.0 Å². The smallest absolute Gasteiger partial charge is 0.262 e. The second kappa shape index (κ2) is 8.26. The van der Waals surface area contributed by atoms with Gasteiger partial charge in [0.1, 0.15) is 12.4 Å². The van der Waals surface area contributed by atoms with Crippen molar-refractivity contribution in [1.82, 2.24) is 9.91 Å². The molecule has 0 saturated carbocycles. The van der Waals surface area contributed by atoms with Gasteiger partial charge in [0.15, 0.2) is 0 Å². The molecular formula is C21H18FN3O2S2. The summed E-state index contributed by atoms with van der Waals surface area (Å²) in [6.07, 6.45) is 0.623. The van der Waals surface area contributed by atoms with Gasteiger partial charge in [0, 0.05) is 18.3 Å². The number of halogens is 1. The van der Waals surface area contributed by atoms with Crippen LogP contribution in [0.25, 0.3) is 0 Å². The van der Waals surface area contributed by atoms with E-state index in [1.54, 1.807) is 28.7 Å². The fraction of sp³-hybridized carbons (Fsp3) is 0.190. The number of thiophene rings is 2. The highest BCUT2D eigenvalue weighted by atomic mass is 32.1. The van der Waals surface area contributed by atoms with E-state index in [0.717, 1.165) is 15.5 Å². The Morgan fingerprint density at radius 3 is 2.59 bits per heavy atom.